The van der Waals surface area contributed by atoms with E-state index in [0.717, 1.165) is 9.60 Å². The number of hydrogen-bond acceptors (Lipinski definition) is 27. The van der Waals surface area contributed by atoms with Gasteiger partial charge in [0.25, 0.3) is 5.91 Å². The number of hydrogen-bond donors (Lipinski definition) is 17. The van der Waals surface area contributed by atoms with Crippen molar-refractivity contribution < 1.29 is 125 Å². The van der Waals surface area contributed by atoms with Crippen LogP contribution in [0.5, 0.6) is 0 Å². The number of esters is 1. The molecule has 14 atom stereocenters. The molecule has 5 aliphatic rings. The Morgan fingerprint density at radius 2 is 1.16 bits per heavy atom. The number of aromatic carboxylic acids is 1. The number of nitrogens with zero attached hydrogens (tertiary/aromatic N) is 5. The molecule has 8 heterocycles. The van der Waals surface area contributed by atoms with Crippen molar-refractivity contribution in [2.75, 3.05) is 32.8 Å². The number of likely N-dealkylation sites (tertiary alicyclic amines) is 1. The van der Waals surface area contributed by atoms with E-state index in [4.69, 9.17) is 19.9 Å². The van der Waals surface area contributed by atoms with Crippen molar-refractivity contribution in [2.24, 2.45) is 11.1 Å². The predicted octanol–water partition coefficient (Wildman–Crippen LogP) is 3.07. The number of carbonyl (C=O) groups excluding carboxylic acids is 17. The van der Waals surface area contributed by atoms with E-state index in [1.807, 2.05) is 12.1 Å². The average molecular weight is 2120 g/mol. The predicted molar refractivity (Wildman–Crippen MR) is 543 cm³/mol. The molecule has 6 aromatic rings. The van der Waals surface area contributed by atoms with E-state index in [2.05, 4.69) is 79.4 Å². The molecule has 2 fully saturated rings. The van der Waals surface area contributed by atoms with Gasteiger partial charge in [-0.1, -0.05) is 111 Å². The number of rotatable bonds is 17. The number of benzene rings is 3. The van der Waals surface area contributed by atoms with Crippen LogP contribution in [0.1, 0.15) is 209 Å². The molecule has 18 N–H and O–H groups in total. The van der Waals surface area contributed by atoms with Crippen LogP contribution in [-0.2, 0) is 139 Å². The molecule has 5 bridgehead atoms. The summed E-state index contributed by atoms with van der Waals surface area (Å²) in [5, 5.41) is 80.2. The van der Waals surface area contributed by atoms with E-state index in [9.17, 15) is 68.1 Å². The number of allylic oxidation sites excluding steroid dienone is 3. The van der Waals surface area contributed by atoms with Gasteiger partial charge in [-0.2, -0.15) is 11.3 Å². The van der Waals surface area contributed by atoms with Crippen LogP contribution in [0.4, 0.5) is 4.79 Å². The molecule has 11 rings (SSSR count). The number of aryl methyl sites for hydroxylation is 1. The van der Waals surface area contributed by atoms with E-state index >= 15 is 43.2 Å². The Balaban J connectivity index is 0.980. The van der Waals surface area contributed by atoms with E-state index in [-0.39, 0.29) is 165 Å². The van der Waals surface area contributed by atoms with E-state index in [1.54, 1.807) is 110 Å². The van der Waals surface area contributed by atoms with Crippen LogP contribution in [0.15, 0.2) is 132 Å². The number of nitrogens with one attached hydrogen (secondary N) is 13. The highest BCUT2D eigenvalue weighted by molar-refractivity contribution is 7.17. The number of carbonyl (C=O) groups is 20. The topological polar surface area (TPSA) is 649 Å². The van der Waals surface area contributed by atoms with E-state index < -0.39 is 245 Å². The molecule has 3 aromatic carbocycles. The summed E-state index contributed by atoms with van der Waals surface area (Å²) in [5.74, 6) is -21.0. The second-order valence-corrected chi connectivity index (χ2v) is 41.9. The van der Waals surface area contributed by atoms with E-state index in [0.29, 0.717) is 28.5 Å². The molecule has 0 radical (unpaired) electrons. The van der Waals surface area contributed by atoms with Crippen LogP contribution in [0.3, 0.4) is 0 Å². The SMILES string of the molecule is CC(=O)N1CCC[C@]12C/C=C\CCC[C@@]1(CCC/C=C/CCCOC(=O)N3CC[C@@]4(C3)NC(=O)[C@H](CCCCn3cc(nn3)COC[C@@H](C(=O)N[C@@H](C)C(N)=O)OC(=O)[C@H](Cc3csc5ccccc35)NC(=O)[C@H](Cc3ccsc3)NC4=O)NC(=O)[C@H](Cc3ccccc3)NC(=O)[C@H](C)NC(=O)C(C)(C)NC(=O)[C@H](Cc3cccc(C(=O)O)c3)NC(=O)[C@H](CC(=O)O)NC1=O)NC(=O)[C@H](CC(C)(C)C)NC(=O)[C@H](CC(=O)O)NC2=O. The molecule has 5 aliphatic heterocycles. The van der Waals surface area contributed by atoms with Crippen LogP contribution >= 0.6 is 22.7 Å². The normalized spacial score (nSPS) is 26.3. The van der Waals surface area contributed by atoms with Crippen molar-refractivity contribution >= 4 is 151 Å². The number of fused-ring (bicyclic) bond motifs is 6. The zero-order valence-electron chi connectivity index (χ0n) is 84.9. The summed E-state index contributed by atoms with van der Waals surface area (Å²) in [5.41, 5.74) is -1.94. The number of aliphatic carboxylic acids is 2. The highest BCUT2D eigenvalue weighted by atomic mass is 32.1. The van der Waals surface area contributed by atoms with Crippen LogP contribution in [0.2, 0.25) is 0 Å². The van der Waals surface area contributed by atoms with Gasteiger partial charge in [0.1, 0.15) is 88.3 Å². The summed E-state index contributed by atoms with van der Waals surface area (Å²) in [6, 6.07) is 5.31. The second kappa shape index (κ2) is 52.8. The van der Waals surface area contributed by atoms with Crippen LogP contribution in [0, 0.1) is 5.41 Å². The quantitative estimate of drug-likeness (QED) is 0.0461. The molecule has 2 saturated heterocycles. The number of cyclic esters (lactones) is 2. The minimum Gasteiger partial charge on any atom is -0.481 e. The molecule has 0 aliphatic carbocycles. The van der Waals surface area contributed by atoms with Gasteiger partial charge in [-0.25, -0.2) is 14.4 Å². The standard InChI is InChI=1S/C103H133N19O26S2/c1-60(82(104)128)105-91(137)78-56-146-55-68-54-121(119-118-68)41-24-20-33-70-88(134)117-102(96(143)112-72(49-65-35-45-149-57-65)85(131)110-76(93(140)148-78)50-67-58-150-79-34-19-18-32-69(67)79)40-43-120(59-102)98(145)147-44-25-14-10-9-11-21-36-101(37-22-12-13-23-38-103(39-27-42-122(103)62(3)123)97(144)114-75(52-81(126)127)87(133)111-77(90(136)116-101)53-99(4,5)6)95(142)113-74(51-80(124)125)86(132)109-73(48-64-30-26-31-66(46-64)92(138)139)89(135)115-100(7,8)94(141)106-61(2)83(129)108-71(84(130)107-70)47-63-28-16-15-17-29-63/h9-10,13,15-19,23,26,28-32,34-35,45-46,54,57-58,60-61,70-78H,11-12,14,20-22,24-25,27,33,36-44,47-53,55-56,59H2,1-8H3,(H2,104,128)(H,105,137)(H,106,141)(H,107,130)(H,108,129)(H,109,132)(H,110,131)(H,111,133)(H,112,143)(H,113,142)(H,114,144)(H,115,135)(H,116,136)(H,117,134)(H,124,125)(H,126,127)(H,138,139)/b10-9+,23-13-/t60-,61-,70-,71-,72-,73-,74-,75-,76-,77-,78-,101+,102-,103-/m0/s1. The van der Waals surface area contributed by atoms with Gasteiger partial charge in [-0.3, -0.25) is 86.2 Å². The van der Waals surface area contributed by atoms with Crippen molar-refractivity contribution in [3.05, 3.63) is 165 Å². The van der Waals surface area contributed by atoms with Crippen LogP contribution < -0.4 is 74.9 Å². The van der Waals surface area contributed by atoms with Gasteiger partial charge in [-0.15, -0.1) is 16.4 Å². The maximum absolute atomic E-state index is 16.2. The Kier molecular flexibility index (Phi) is 40.6. The summed E-state index contributed by atoms with van der Waals surface area (Å²) in [7, 11) is 0. The van der Waals surface area contributed by atoms with Gasteiger partial charge in [-0.05, 0) is 204 Å². The van der Waals surface area contributed by atoms with Crippen molar-refractivity contribution in [2.45, 2.75) is 298 Å². The molecule has 150 heavy (non-hydrogen) atoms. The molecule has 0 unspecified atom stereocenters. The van der Waals surface area contributed by atoms with Crippen molar-refractivity contribution in [3.8, 4) is 0 Å². The minimum absolute atomic E-state index is 0.00353. The van der Waals surface area contributed by atoms with Crippen molar-refractivity contribution in [1.29, 1.82) is 0 Å². The first-order valence-corrected chi connectivity index (χ1v) is 51.8. The average Bonchev–Trinajstić information content (AvgIpc) is 1.63. The molecule has 3 spiro atoms. The molecule has 0 saturated carbocycles. The third-order valence-electron chi connectivity index (χ3n) is 26.7. The first kappa shape index (κ1) is 115. The number of carboxylic acids is 3. The Morgan fingerprint density at radius 1 is 0.567 bits per heavy atom. The fourth-order valence-electron chi connectivity index (χ4n) is 18.5. The fourth-order valence-corrected chi connectivity index (χ4v) is 20.1. The third kappa shape index (κ3) is 32.3. The van der Waals surface area contributed by atoms with Crippen LogP contribution in [0.25, 0.3) is 10.1 Å². The lowest BCUT2D eigenvalue weighted by Crippen LogP contribution is -2.66. The molecular weight excluding hydrogens is 1980 g/mol. The summed E-state index contributed by atoms with van der Waals surface area (Å²) in [6.45, 7) is 9.41. The Bertz CT molecular complexity index is 6000. The monoisotopic (exact) mass is 2120 g/mol. The lowest BCUT2D eigenvalue weighted by atomic mass is 9.83. The van der Waals surface area contributed by atoms with Gasteiger partial charge >= 0.3 is 30.0 Å². The molecule has 3 aromatic heterocycles. The Labute approximate surface area is 873 Å². The fraction of sp³-hybridized carbons (Fsp3) is 0.515. The highest BCUT2D eigenvalue weighted by Crippen LogP contribution is 2.36. The number of amides is 16. The first-order chi connectivity index (χ1) is 71.2. The highest BCUT2D eigenvalue weighted by Gasteiger charge is 2.53. The second-order valence-electron chi connectivity index (χ2n) is 40.2. The maximum Gasteiger partial charge on any atom is 0.409 e. The summed E-state index contributed by atoms with van der Waals surface area (Å²) in [6.07, 6.45) is 1.45. The van der Waals surface area contributed by atoms with Gasteiger partial charge in [0.05, 0.1) is 51.0 Å². The summed E-state index contributed by atoms with van der Waals surface area (Å²) < 4.78 is 20.1. The van der Waals surface area contributed by atoms with Gasteiger partial charge in [0, 0.05) is 56.9 Å². The number of primary amides is 1. The van der Waals surface area contributed by atoms with E-state index in [1.165, 1.54) is 97.3 Å². The van der Waals surface area contributed by atoms with Gasteiger partial charge < -0.3 is 114 Å². The maximum atomic E-state index is 16.2. The molecule has 16 amide bonds. The lowest BCUT2D eigenvalue weighted by Gasteiger charge is -2.38. The number of ether oxygens (including phenoxy) is 3. The first-order valence-electron chi connectivity index (χ1n) is 50.0. The largest absolute Gasteiger partial charge is 0.481 e. The van der Waals surface area contributed by atoms with Gasteiger partial charge in [0.15, 0.2) is 0 Å². The number of nitrogens with two attached hydrogens (primary N) is 1. The van der Waals surface area contributed by atoms with Crippen molar-refractivity contribution in [1.82, 2.24) is 93.9 Å². The molecule has 47 heteroatoms. The molecular formula is C103H133N19O26S2. The van der Waals surface area contributed by atoms with Crippen molar-refractivity contribution in [3.63, 3.8) is 0 Å². The Morgan fingerprint density at radius 3 is 1.83 bits per heavy atom. The summed E-state index contributed by atoms with van der Waals surface area (Å²) >= 11 is 2.59. The number of carboxylic acid groups (broad SMARTS) is 3. The number of thiophene rings is 2. The molecule has 808 valence electrons. The lowest BCUT2D eigenvalue weighted by molar-refractivity contribution is -0.163. The minimum atomic E-state index is -2.24. The Hall–Kier alpha value is -14.9. The van der Waals surface area contributed by atoms with Gasteiger partial charge in [0.2, 0.25) is 88.8 Å². The third-order valence-corrected chi connectivity index (χ3v) is 28.4. The number of aromatic nitrogens is 3. The summed E-state index contributed by atoms with van der Waals surface area (Å²) in [4.78, 5) is 296. The zero-order valence-corrected chi connectivity index (χ0v) is 86.6. The zero-order chi connectivity index (χ0) is 109. The van der Waals surface area contributed by atoms with Crippen LogP contribution in [-0.4, -0.2) is 280 Å². The smallest absolute Gasteiger partial charge is 0.409 e. The molecule has 45 nitrogen and oxygen atoms in total.